The second kappa shape index (κ2) is 12.4. The molecule has 1 aromatic heterocycles. The summed E-state index contributed by atoms with van der Waals surface area (Å²) in [7, 11) is -7.34. The lowest BCUT2D eigenvalue weighted by molar-refractivity contribution is 0.247. The van der Waals surface area contributed by atoms with Crippen molar-refractivity contribution in [1.29, 1.82) is 0 Å². The zero-order valence-corrected chi connectivity index (χ0v) is 27.1. The van der Waals surface area contributed by atoms with E-state index in [4.69, 9.17) is 0 Å². The minimum absolute atomic E-state index is 0.0396. The van der Waals surface area contributed by atoms with Crippen LogP contribution in [-0.2, 0) is 45.8 Å². The Kier molecular flexibility index (Phi) is 9.19. The molecule has 0 bridgehead atoms. The minimum Gasteiger partial charge on any atom is -0.294 e. The molecule has 0 atom stereocenters. The molecule has 1 N–H and O–H groups in total. The molecule has 0 unspecified atom stereocenters. The summed E-state index contributed by atoms with van der Waals surface area (Å²) in [4.78, 5) is 3.33. The number of hydrogen-bond donors (Lipinski definition) is 1. The maximum absolute atomic E-state index is 14.9. The molecule has 0 spiro atoms. The highest BCUT2D eigenvalue weighted by atomic mass is 32.2. The number of thiophene rings is 1. The first kappa shape index (κ1) is 31.2. The lowest BCUT2D eigenvalue weighted by atomic mass is 9.98. The van der Waals surface area contributed by atoms with Crippen molar-refractivity contribution in [2.75, 3.05) is 11.3 Å². The van der Waals surface area contributed by atoms with E-state index in [2.05, 4.69) is 9.62 Å². The van der Waals surface area contributed by atoms with Crippen LogP contribution in [0, 0.1) is 11.7 Å². The third-order valence-electron chi connectivity index (χ3n) is 8.50. The Bertz CT molecular complexity index is 1640. The van der Waals surface area contributed by atoms with Crippen LogP contribution >= 0.6 is 11.3 Å². The van der Waals surface area contributed by atoms with Crippen molar-refractivity contribution in [3.63, 3.8) is 0 Å². The molecule has 1 aliphatic carbocycles. The number of nitrogens with zero attached hydrogens (tertiary/aromatic N) is 1. The fourth-order valence-corrected chi connectivity index (χ4v) is 10.2. The van der Waals surface area contributed by atoms with Crippen LogP contribution in [0.2, 0.25) is 0 Å². The Morgan fingerprint density at radius 3 is 2.45 bits per heavy atom. The van der Waals surface area contributed by atoms with Gasteiger partial charge >= 0.3 is 0 Å². The van der Waals surface area contributed by atoms with E-state index in [1.54, 1.807) is 39.0 Å². The van der Waals surface area contributed by atoms with Gasteiger partial charge in [-0.2, -0.15) is 0 Å². The van der Waals surface area contributed by atoms with Crippen molar-refractivity contribution in [3.8, 4) is 0 Å². The Labute approximate surface area is 254 Å². The van der Waals surface area contributed by atoms with Gasteiger partial charge in [-0.3, -0.25) is 9.62 Å². The van der Waals surface area contributed by atoms with E-state index in [1.165, 1.54) is 55.6 Å². The number of nitrogens with one attached hydrogen (secondary N) is 1. The topological polar surface area (TPSA) is 83.6 Å². The summed E-state index contributed by atoms with van der Waals surface area (Å²) in [6, 6.07) is 13.4. The Morgan fingerprint density at radius 2 is 1.74 bits per heavy atom. The van der Waals surface area contributed by atoms with Crippen molar-refractivity contribution >= 4 is 36.9 Å². The molecule has 5 rings (SSSR count). The van der Waals surface area contributed by atoms with Crippen molar-refractivity contribution in [2.45, 2.75) is 99.1 Å². The summed E-state index contributed by atoms with van der Waals surface area (Å²) in [6.07, 6.45) is 8.91. The molecule has 2 heterocycles. The highest BCUT2D eigenvalue weighted by Crippen LogP contribution is 2.33. The predicted molar refractivity (Wildman–Crippen MR) is 168 cm³/mol. The third-order valence-corrected chi connectivity index (χ3v) is 13.9. The van der Waals surface area contributed by atoms with Crippen molar-refractivity contribution in [3.05, 3.63) is 75.9 Å². The lowest BCUT2D eigenvalue weighted by Gasteiger charge is -2.28. The van der Waals surface area contributed by atoms with E-state index in [1.807, 2.05) is 18.2 Å². The van der Waals surface area contributed by atoms with Gasteiger partial charge in [0.25, 0.3) is 10.0 Å². The monoisotopic (exact) mass is 632 g/mol. The second-order valence-electron chi connectivity index (χ2n) is 12.7. The number of halogens is 1. The van der Waals surface area contributed by atoms with Crippen LogP contribution in [-0.4, -0.2) is 33.0 Å². The molecular formula is C32H41FN2O4S3. The van der Waals surface area contributed by atoms with Crippen LogP contribution < -0.4 is 4.72 Å². The van der Waals surface area contributed by atoms with Gasteiger partial charge in [-0.1, -0.05) is 44.2 Å². The summed E-state index contributed by atoms with van der Waals surface area (Å²) in [5, 5.41) is 0. The molecule has 6 nitrogen and oxygen atoms in total. The third kappa shape index (κ3) is 7.09. The molecule has 42 heavy (non-hydrogen) atoms. The molecule has 1 saturated carbocycles. The Hall–Kier alpha value is -2.27. The van der Waals surface area contributed by atoms with Gasteiger partial charge in [0.2, 0.25) is 0 Å². The minimum atomic E-state index is -3.95. The van der Waals surface area contributed by atoms with Crippen LogP contribution in [0.3, 0.4) is 0 Å². The average molecular weight is 633 g/mol. The van der Waals surface area contributed by atoms with Gasteiger partial charge in [-0.15, -0.1) is 11.3 Å². The maximum atomic E-state index is 14.9. The van der Waals surface area contributed by atoms with E-state index in [0.717, 1.165) is 46.9 Å². The van der Waals surface area contributed by atoms with Crippen LogP contribution in [0.25, 0.3) is 0 Å². The molecule has 0 saturated heterocycles. The molecule has 10 heteroatoms. The molecule has 1 aliphatic heterocycles. The number of sulfone groups is 1. The summed E-state index contributed by atoms with van der Waals surface area (Å²) in [6.45, 7) is 7.11. The summed E-state index contributed by atoms with van der Waals surface area (Å²) < 4.78 is 68.8. The van der Waals surface area contributed by atoms with E-state index in [-0.39, 0.29) is 10.6 Å². The summed E-state index contributed by atoms with van der Waals surface area (Å²) in [5.74, 6) is 0.243. The van der Waals surface area contributed by atoms with Gasteiger partial charge < -0.3 is 0 Å². The number of rotatable bonds is 10. The number of fused-ring (bicyclic) bond motifs is 1. The van der Waals surface area contributed by atoms with Crippen molar-refractivity contribution in [2.24, 2.45) is 5.92 Å². The first-order chi connectivity index (χ1) is 19.8. The molecule has 0 amide bonds. The Morgan fingerprint density at radius 1 is 0.976 bits per heavy atom. The fraction of sp³-hybridized carbons (Fsp3) is 0.500. The standard InChI is InChI=1S/C32H41FN2O4S3/c1-32(2,3)41(36,37)31-16-13-27(40-31)22-35-18-17-25-20-28(14-12-26(25)21-35)42(38,39)34-30-15-11-24(19-29(30)33)10-6-9-23-7-4-5-8-23/h11-16,19-20,23,34H,4-10,17-18,21-22H2,1-3H3. The highest BCUT2D eigenvalue weighted by molar-refractivity contribution is 7.94. The molecule has 3 aromatic rings. The van der Waals surface area contributed by atoms with E-state index >= 15 is 0 Å². The first-order valence-corrected chi connectivity index (χ1v) is 18.6. The van der Waals surface area contributed by atoms with Gasteiger partial charge in [-0.05, 0) is 99.0 Å². The van der Waals surface area contributed by atoms with Crippen molar-refractivity contribution < 1.29 is 21.2 Å². The van der Waals surface area contributed by atoms with Gasteiger partial charge in [0, 0.05) is 24.5 Å². The largest absolute Gasteiger partial charge is 0.294 e. The fourth-order valence-electron chi connectivity index (χ4n) is 5.89. The summed E-state index contributed by atoms with van der Waals surface area (Å²) in [5.41, 5.74) is 2.84. The van der Waals surface area contributed by atoms with Gasteiger partial charge in [0.05, 0.1) is 15.3 Å². The quantitative estimate of drug-likeness (QED) is 0.253. The highest BCUT2D eigenvalue weighted by Gasteiger charge is 2.32. The number of aryl methyl sites for hydroxylation is 1. The lowest BCUT2D eigenvalue weighted by Crippen LogP contribution is -2.30. The molecule has 2 aliphatic rings. The normalized spacial score (nSPS) is 17.0. The van der Waals surface area contributed by atoms with Crippen LogP contribution in [0.1, 0.15) is 80.9 Å². The molecule has 1 fully saturated rings. The van der Waals surface area contributed by atoms with Gasteiger partial charge in [0.15, 0.2) is 9.84 Å². The smallest absolute Gasteiger partial charge is 0.261 e. The Balaban J connectivity index is 1.20. The number of hydrogen-bond acceptors (Lipinski definition) is 6. The zero-order valence-electron chi connectivity index (χ0n) is 24.7. The molecule has 228 valence electrons. The maximum Gasteiger partial charge on any atom is 0.261 e. The van der Waals surface area contributed by atoms with Crippen LogP contribution in [0.5, 0.6) is 0 Å². The second-order valence-corrected chi connectivity index (χ2v) is 18.5. The SMILES string of the molecule is CC(C)(C)S(=O)(=O)c1ccc(CN2CCc3cc(S(=O)(=O)Nc4ccc(CCCC5CCCC5)cc4F)ccc3C2)s1. The van der Waals surface area contributed by atoms with Crippen LogP contribution in [0.4, 0.5) is 10.1 Å². The number of sulfonamides is 1. The zero-order chi connectivity index (χ0) is 30.1. The molecule has 0 radical (unpaired) electrons. The van der Waals surface area contributed by atoms with E-state index in [0.29, 0.717) is 23.7 Å². The van der Waals surface area contributed by atoms with Crippen LogP contribution in [0.15, 0.2) is 57.6 Å². The van der Waals surface area contributed by atoms with Gasteiger partial charge in [0.1, 0.15) is 10.0 Å². The predicted octanol–water partition coefficient (Wildman–Crippen LogP) is 7.33. The van der Waals surface area contributed by atoms with Crippen molar-refractivity contribution in [1.82, 2.24) is 4.90 Å². The van der Waals surface area contributed by atoms with E-state index < -0.39 is 30.4 Å². The summed E-state index contributed by atoms with van der Waals surface area (Å²) >= 11 is 1.31. The molecule has 2 aromatic carbocycles. The number of benzene rings is 2. The average Bonchev–Trinajstić information content (AvgIpc) is 3.62. The van der Waals surface area contributed by atoms with Gasteiger partial charge in [-0.25, -0.2) is 21.2 Å². The number of anilines is 1. The van der Waals surface area contributed by atoms with E-state index in [9.17, 15) is 21.2 Å². The molecular weight excluding hydrogens is 592 g/mol. The first-order valence-electron chi connectivity index (χ1n) is 14.8.